The molecule has 3 aliphatic rings. The summed E-state index contributed by atoms with van der Waals surface area (Å²) in [7, 11) is 0. The normalized spacial score (nSPS) is 20.9. The summed E-state index contributed by atoms with van der Waals surface area (Å²) < 4.78 is 18.3. The predicted octanol–water partition coefficient (Wildman–Crippen LogP) is 6.69. The van der Waals surface area contributed by atoms with Crippen LogP contribution in [-0.4, -0.2) is 77.4 Å². The molecule has 0 spiro atoms. The molecule has 3 aromatic heterocycles. The van der Waals surface area contributed by atoms with Crippen LogP contribution < -0.4 is 16.0 Å². The lowest BCUT2D eigenvalue weighted by Crippen LogP contribution is -2.27. The fourth-order valence-electron chi connectivity index (χ4n) is 10.2. The topological polar surface area (TPSA) is 191 Å². The highest BCUT2D eigenvalue weighted by Gasteiger charge is 2.33. The number of carboxylic acids is 3. The molecule has 6 heterocycles. The Bertz CT molecular complexity index is 2240. The fourth-order valence-corrected chi connectivity index (χ4v) is 10.2. The summed E-state index contributed by atoms with van der Waals surface area (Å²) in [5, 5.41) is 43.3. The van der Waals surface area contributed by atoms with Gasteiger partial charge >= 0.3 is 17.9 Å². The molecule has 3 fully saturated rings. The number of hydrogen-bond acceptors (Lipinski definition) is 10. The van der Waals surface area contributed by atoms with Gasteiger partial charge in [-0.1, -0.05) is 18.2 Å². The molecule has 3 saturated heterocycles. The molecule has 0 amide bonds. The standard InChI is InChI=1S/C48H54N4O9/c53-46(54)40(31-7-10-49-19-31)16-28-1-4-43-37(13-28)34(25-59-43)22-52(23-35-26-60-44-5-2-29(14-38(35)44)17-41(47(55)56)32-8-11-50-20-32)24-36-27-61-45-6-3-30(15-39(36)45)18-42(48(57)58)33-9-12-51-21-33/h1-6,13-15,25-27,31-33,40-42,49-51H,7-12,16-24H2,(H,53,54)(H,55,56)(H,57,58). The van der Waals surface area contributed by atoms with E-state index >= 15 is 0 Å². The SMILES string of the molecule is O=C(O)C(Cc1ccc2occ(CN(Cc3coc4ccc(CC(C(=O)O)C5CCNC5)cc34)Cc3coc4ccc(CC(C(=O)O)C5CCNC5)cc34)c2c1)C1CCNC1. The Morgan fingerprint density at radius 1 is 0.525 bits per heavy atom. The first-order valence-electron chi connectivity index (χ1n) is 21.7. The van der Waals surface area contributed by atoms with Gasteiger partial charge in [-0.15, -0.1) is 0 Å². The zero-order valence-electron chi connectivity index (χ0n) is 34.2. The van der Waals surface area contributed by atoms with Crippen LogP contribution in [0.4, 0.5) is 0 Å². The van der Waals surface area contributed by atoms with Crippen LogP contribution in [0.15, 0.2) is 86.6 Å². The minimum atomic E-state index is -0.776. The number of nitrogens with zero attached hydrogens (tertiary/aromatic N) is 1. The van der Waals surface area contributed by atoms with Crippen LogP contribution in [0.5, 0.6) is 0 Å². The number of hydrogen-bond donors (Lipinski definition) is 6. The lowest BCUT2D eigenvalue weighted by molar-refractivity contribution is -0.144. The molecular weight excluding hydrogens is 777 g/mol. The van der Waals surface area contributed by atoms with Crippen LogP contribution in [0.2, 0.25) is 0 Å². The van der Waals surface area contributed by atoms with E-state index < -0.39 is 35.7 Å². The summed E-state index contributed by atoms with van der Waals surface area (Å²) in [6, 6.07) is 17.9. The van der Waals surface area contributed by atoms with Gasteiger partial charge in [-0.05, 0) is 149 Å². The maximum atomic E-state index is 12.4. The van der Waals surface area contributed by atoms with Gasteiger partial charge in [0.1, 0.15) is 16.7 Å². The molecule has 13 nitrogen and oxygen atoms in total. The van der Waals surface area contributed by atoms with E-state index in [-0.39, 0.29) is 17.8 Å². The summed E-state index contributed by atoms with van der Waals surface area (Å²) in [6.07, 6.45) is 9.16. The zero-order chi connectivity index (χ0) is 42.0. The molecule has 13 heteroatoms. The molecule has 6 aromatic rings. The van der Waals surface area contributed by atoms with Crippen LogP contribution in [0, 0.1) is 35.5 Å². The Hall–Kier alpha value is -5.47. The van der Waals surface area contributed by atoms with Gasteiger partial charge in [0.25, 0.3) is 0 Å². The van der Waals surface area contributed by atoms with Crippen LogP contribution in [-0.2, 0) is 53.3 Å². The molecule has 61 heavy (non-hydrogen) atoms. The summed E-state index contributed by atoms with van der Waals surface area (Å²) in [4.78, 5) is 39.5. The molecule has 0 aliphatic carbocycles. The van der Waals surface area contributed by atoms with E-state index in [1.54, 1.807) is 18.8 Å². The largest absolute Gasteiger partial charge is 0.481 e. The highest BCUT2D eigenvalue weighted by molar-refractivity contribution is 5.84. The number of fused-ring (bicyclic) bond motifs is 3. The Morgan fingerprint density at radius 3 is 1.10 bits per heavy atom. The number of aliphatic carboxylic acids is 3. The van der Waals surface area contributed by atoms with Crippen molar-refractivity contribution >= 4 is 50.8 Å². The number of furan rings is 3. The second-order valence-corrected chi connectivity index (χ2v) is 17.6. The van der Waals surface area contributed by atoms with Crippen LogP contribution >= 0.6 is 0 Å². The van der Waals surface area contributed by atoms with Crippen molar-refractivity contribution in [2.75, 3.05) is 39.3 Å². The molecule has 3 aliphatic heterocycles. The van der Waals surface area contributed by atoms with Gasteiger partial charge in [-0.25, -0.2) is 0 Å². The van der Waals surface area contributed by atoms with E-state index in [0.717, 1.165) is 105 Å². The van der Waals surface area contributed by atoms with E-state index in [1.165, 1.54) is 0 Å². The lowest BCUT2D eigenvalue weighted by atomic mass is 9.86. The second-order valence-electron chi connectivity index (χ2n) is 17.6. The summed E-state index contributed by atoms with van der Waals surface area (Å²) >= 11 is 0. The Morgan fingerprint density at radius 2 is 0.836 bits per heavy atom. The van der Waals surface area contributed by atoms with E-state index in [4.69, 9.17) is 13.3 Å². The molecule has 6 N–H and O–H groups in total. The average Bonchev–Trinajstić information content (AvgIpc) is 4.12. The van der Waals surface area contributed by atoms with Crippen LogP contribution in [0.1, 0.15) is 52.6 Å². The smallest absolute Gasteiger partial charge is 0.307 e. The van der Waals surface area contributed by atoms with Crippen molar-refractivity contribution in [1.82, 2.24) is 20.9 Å². The molecular formula is C48H54N4O9. The number of carboxylic acid groups (broad SMARTS) is 3. The first-order valence-corrected chi connectivity index (χ1v) is 21.7. The van der Waals surface area contributed by atoms with Gasteiger partial charge in [0.2, 0.25) is 0 Å². The zero-order valence-corrected chi connectivity index (χ0v) is 34.2. The second kappa shape index (κ2) is 17.9. The van der Waals surface area contributed by atoms with Crippen molar-refractivity contribution in [3.63, 3.8) is 0 Å². The molecule has 320 valence electrons. The van der Waals surface area contributed by atoms with Gasteiger partial charge in [-0.2, -0.15) is 0 Å². The minimum Gasteiger partial charge on any atom is -0.481 e. The number of carbonyl (C=O) groups is 3. The van der Waals surface area contributed by atoms with Gasteiger partial charge in [0, 0.05) is 52.5 Å². The highest BCUT2D eigenvalue weighted by Crippen LogP contribution is 2.34. The number of benzene rings is 3. The van der Waals surface area contributed by atoms with Crippen molar-refractivity contribution in [2.45, 2.75) is 58.2 Å². The van der Waals surface area contributed by atoms with Crippen LogP contribution in [0.25, 0.3) is 32.9 Å². The lowest BCUT2D eigenvalue weighted by Gasteiger charge is -2.22. The Balaban J connectivity index is 1.03. The van der Waals surface area contributed by atoms with Crippen molar-refractivity contribution in [2.24, 2.45) is 35.5 Å². The molecule has 0 saturated carbocycles. The van der Waals surface area contributed by atoms with Gasteiger partial charge in [-0.3, -0.25) is 19.3 Å². The Labute approximate surface area is 353 Å². The van der Waals surface area contributed by atoms with Crippen molar-refractivity contribution < 1.29 is 43.0 Å². The molecule has 0 radical (unpaired) electrons. The van der Waals surface area contributed by atoms with Crippen molar-refractivity contribution in [3.8, 4) is 0 Å². The number of rotatable bonds is 18. The minimum absolute atomic E-state index is 0.0765. The Kier molecular flexibility index (Phi) is 12.0. The van der Waals surface area contributed by atoms with Crippen molar-refractivity contribution in [1.29, 1.82) is 0 Å². The average molecular weight is 831 g/mol. The third-order valence-corrected chi connectivity index (χ3v) is 13.7. The first kappa shape index (κ1) is 40.9. The third-order valence-electron chi connectivity index (χ3n) is 13.7. The molecule has 3 aromatic carbocycles. The fraction of sp³-hybridized carbons (Fsp3) is 0.438. The maximum Gasteiger partial charge on any atom is 0.307 e. The van der Waals surface area contributed by atoms with E-state index in [9.17, 15) is 29.7 Å². The summed E-state index contributed by atoms with van der Waals surface area (Å²) in [5.74, 6) is -3.56. The highest BCUT2D eigenvalue weighted by atomic mass is 16.4. The van der Waals surface area contributed by atoms with Gasteiger partial charge < -0.3 is 44.5 Å². The van der Waals surface area contributed by atoms with Gasteiger partial charge in [0.05, 0.1) is 36.5 Å². The molecule has 9 rings (SSSR count). The molecule has 0 bridgehead atoms. The monoisotopic (exact) mass is 830 g/mol. The molecule has 6 unspecified atom stereocenters. The summed E-state index contributed by atoms with van der Waals surface area (Å²) in [6.45, 7) is 6.05. The third kappa shape index (κ3) is 8.97. The van der Waals surface area contributed by atoms with Gasteiger partial charge in [0.15, 0.2) is 0 Å². The van der Waals surface area contributed by atoms with E-state index in [0.29, 0.717) is 58.5 Å². The van der Waals surface area contributed by atoms with E-state index in [1.807, 2.05) is 36.4 Å². The van der Waals surface area contributed by atoms with Crippen molar-refractivity contribution in [3.05, 3.63) is 107 Å². The van der Waals surface area contributed by atoms with E-state index in [2.05, 4.69) is 39.0 Å². The predicted molar refractivity (Wildman–Crippen MR) is 229 cm³/mol. The maximum absolute atomic E-state index is 12.4. The molecule has 6 atom stereocenters. The number of nitrogens with one attached hydrogen (secondary N) is 3. The first-order chi connectivity index (χ1) is 29.7. The summed E-state index contributed by atoms with van der Waals surface area (Å²) in [5.41, 5.74) is 7.88. The quantitative estimate of drug-likeness (QED) is 0.0538. The van der Waals surface area contributed by atoms with Crippen LogP contribution in [0.3, 0.4) is 0 Å².